The summed E-state index contributed by atoms with van der Waals surface area (Å²) in [4.78, 5) is 21.1. The third-order valence-corrected chi connectivity index (χ3v) is 5.41. The van der Waals surface area contributed by atoms with Gasteiger partial charge in [-0.3, -0.25) is 4.79 Å². The van der Waals surface area contributed by atoms with Gasteiger partial charge >= 0.3 is 0 Å². The van der Waals surface area contributed by atoms with E-state index < -0.39 is 0 Å². The summed E-state index contributed by atoms with van der Waals surface area (Å²) in [6.45, 7) is 6.90. The monoisotopic (exact) mass is 329 g/mol. The second kappa shape index (κ2) is 7.13. The highest BCUT2D eigenvalue weighted by Crippen LogP contribution is 2.22. The summed E-state index contributed by atoms with van der Waals surface area (Å²) in [7, 11) is 0. The van der Waals surface area contributed by atoms with E-state index in [0.717, 1.165) is 35.8 Å². The number of anilines is 1. The molecule has 3 heterocycles. The highest BCUT2D eigenvalue weighted by molar-refractivity contribution is 7.14. The van der Waals surface area contributed by atoms with Gasteiger partial charge in [0.15, 0.2) is 0 Å². The van der Waals surface area contributed by atoms with Crippen molar-refractivity contribution in [2.45, 2.75) is 39.7 Å². The number of carbonyl (C=O) groups excluding carboxylic acids is 1. The first-order valence-electron chi connectivity index (χ1n) is 8.24. The van der Waals surface area contributed by atoms with Crippen molar-refractivity contribution in [3.63, 3.8) is 0 Å². The molecule has 1 aliphatic heterocycles. The fraction of sp³-hybridized carbons (Fsp3) is 0.444. The Kier molecular flexibility index (Phi) is 4.96. The number of thiophene rings is 1. The van der Waals surface area contributed by atoms with Crippen LogP contribution >= 0.6 is 11.3 Å². The van der Waals surface area contributed by atoms with Crippen LogP contribution in [0.1, 0.15) is 45.4 Å². The van der Waals surface area contributed by atoms with Gasteiger partial charge < -0.3 is 10.2 Å². The van der Waals surface area contributed by atoms with Gasteiger partial charge in [0.2, 0.25) is 0 Å². The van der Waals surface area contributed by atoms with Gasteiger partial charge in [0.25, 0.3) is 5.91 Å². The molecule has 0 atom stereocenters. The van der Waals surface area contributed by atoms with E-state index in [2.05, 4.69) is 41.2 Å². The Bertz CT molecular complexity index is 672. The molecule has 122 valence electrons. The lowest BCUT2D eigenvalue weighted by molar-refractivity contribution is 0.0955. The van der Waals surface area contributed by atoms with Crippen molar-refractivity contribution in [3.05, 3.63) is 45.3 Å². The number of aryl methyl sites for hydroxylation is 2. The van der Waals surface area contributed by atoms with Crippen LogP contribution in [0.2, 0.25) is 0 Å². The smallest absolute Gasteiger partial charge is 0.261 e. The zero-order chi connectivity index (χ0) is 16.2. The minimum Gasteiger partial charge on any atom is -0.357 e. The minimum absolute atomic E-state index is 0.00131. The standard InChI is InChI=1S/C18H23N3OS/c1-3-15-10-16(23-13(15)2)18(22)20-12-14-6-7-17(19-11-14)21-8-4-5-9-21/h6-7,10-11H,3-5,8-9,12H2,1-2H3,(H,20,22). The Labute approximate surface area is 141 Å². The van der Waals surface area contributed by atoms with Crippen molar-refractivity contribution >= 4 is 23.1 Å². The zero-order valence-electron chi connectivity index (χ0n) is 13.8. The lowest BCUT2D eigenvalue weighted by Gasteiger charge is -2.16. The predicted molar refractivity (Wildman–Crippen MR) is 95.3 cm³/mol. The predicted octanol–water partition coefficient (Wildman–Crippen LogP) is 3.54. The van der Waals surface area contributed by atoms with Gasteiger partial charge in [-0.15, -0.1) is 11.3 Å². The van der Waals surface area contributed by atoms with E-state index in [-0.39, 0.29) is 5.91 Å². The molecule has 0 saturated carbocycles. The molecule has 1 N–H and O–H groups in total. The van der Waals surface area contributed by atoms with Crippen molar-refractivity contribution in [1.29, 1.82) is 0 Å². The third kappa shape index (κ3) is 3.72. The Morgan fingerprint density at radius 1 is 1.35 bits per heavy atom. The first-order chi connectivity index (χ1) is 11.2. The molecule has 2 aromatic heterocycles. The third-order valence-electron chi connectivity index (χ3n) is 4.32. The summed E-state index contributed by atoms with van der Waals surface area (Å²) < 4.78 is 0. The van der Waals surface area contributed by atoms with Gasteiger partial charge in [0.05, 0.1) is 4.88 Å². The maximum Gasteiger partial charge on any atom is 0.261 e. The molecule has 1 saturated heterocycles. The average molecular weight is 329 g/mol. The van der Waals surface area contributed by atoms with Crippen molar-refractivity contribution in [3.8, 4) is 0 Å². The fourth-order valence-corrected chi connectivity index (χ4v) is 3.94. The Morgan fingerprint density at radius 3 is 2.74 bits per heavy atom. The summed E-state index contributed by atoms with van der Waals surface area (Å²) in [6.07, 6.45) is 5.33. The summed E-state index contributed by atoms with van der Waals surface area (Å²) in [5.74, 6) is 1.04. The number of hydrogen-bond acceptors (Lipinski definition) is 4. The summed E-state index contributed by atoms with van der Waals surface area (Å²) in [6, 6.07) is 6.11. The molecular formula is C18H23N3OS. The first-order valence-corrected chi connectivity index (χ1v) is 9.06. The van der Waals surface area contributed by atoms with Gasteiger partial charge in [-0.25, -0.2) is 4.98 Å². The number of rotatable bonds is 5. The number of pyridine rings is 1. The van der Waals surface area contributed by atoms with Crippen molar-refractivity contribution in [1.82, 2.24) is 10.3 Å². The van der Waals surface area contributed by atoms with Crippen LogP contribution in [0.4, 0.5) is 5.82 Å². The largest absolute Gasteiger partial charge is 0.357 e. The Balaban J connectivity index is 1.57. The maximum absolute atomic E-state index is 12.2. The van der Waals surface area contributed by atoms with Crippen molar-refractivity contribution < 1.29 is 4.79 Å². The second-order valence-corrected chi connectivity index (χ2v) is 7.20. The lowest BCUT2D eigenvalue weighted by atomic mass is 10.2. The zero-order valence-corrected chi connectivity index (χ0v) is 14.6. The molecule has 0 spiro atoms. The Hall–Kier alpha value is -1.88. The molecule has 1 aliphatic rings. The van der Waals surface area contributed by atoms with E-state index in [1.165, 1.54) is 23.3 Å². The quantitative estimate of drug-likeness (QED) is 0.912. The van der Waals surface area contributed by atoms with E-state index in [9.17, 15) is 4.79 Å². The molecule has 0 radical (unpaired) electrons. The first kappa shape index (κ1) is 16.0. The molecule has 0 unspecified atom stereocenters. The lowest BCUT2D eigenvalue weighted by Crippen LogP contribution is -2.22. The molecule has 0 bridgehead atoms. The fourth-order valence-electron chi connectivity index (χ4n) is 2.91. The molecular weight excluding hydrogens is 306 g/mol. The molecule has 5 heteroatoms. The average Bonchev–Trinajstić information content (AvgIpc) is 3.22. The molecule has 0 aromatic carbocycles. The molecule has 1 fully saturated rings. The molecule has 4 nitrogen and oxygen atoms in total. The van der Waals surface area contributed by atoms with E-state index in [1.807, 2.05) is 12.3 Å². The topological polar surface area (TPSA) is 45.2 Å². The van der Waals surface area contributed by atoms with Crippen LogP contribution in [0.25, 0.3) is 0 Å². The van der Waals surface area contributed by atoms with E-state index in [1.54, 1.807) is 11.3 Å². The minimum atomic E-state index is 0.00131. The number of hydrogen-bond donors (Lipinski definition) is 1. The van der Waals surface area contributed by atoms with Crippen LogP contribution < -0.4 is 10.2 Å². The van der Waals surface area contributed by atoms with Crippen LogP contribution in [0.15, 0.2) is 24.4 Å². The normalized spacial score (nSPS) is 14.3. The van der Waals surface area contributed by atoms with Gasteiger partial charge in [0, 0.05) is 30.7 Å². The van der Waals surface area contributed by atoms with E-state index in [4.69, 9.17) is 0 Å². The SMILES string of the molecule is CCc1cc(C(=O)NCc2ccc(N3CCCC3)nc2)sc1C. The summed E-state index contributed by atoms with van der Waals surface area (Å²) in [5.41, 5.74) is 2.29. The highest BCUT2D eigenvalue weighted by atomic mass is 32.1. The maximum atomic E-state index is 12.2. The molecule has 1 amide bonds. The molecule has 2 aromatic rings. The summed E-state index contributed by atoms with van der Waals surface area (Å²) in [5, 5.41) is 2.99. The van der Waals surface area contributed by atoms with Crippen molar-refractivity contribution in [2.75, 3.05) is 18.0 Å². The number of aromatic nitrogens is 1. The molecule has 0 aliphatic carbocycles. The van der Waals surface area contributed by atoms with Gasteiger partial charge in [-0.2, -0.15) is 0 Å². The van der Waals surface area contributed by atoms with Crippen LogP contribution in [-0.4, -0.2) is 24.0 Å². The Morgan fingerprint density at radius 2 is 2.13 bits per heavy atom. The number of amides is 1. The molecule has 23 heavy (non-hydrogen) atoms. The highest BCUT2D eigenvalue weighted by Gasteiger charge is 2.14. The van der Waals surface area contributed by atoms with E-state index >= 15 is 0 Å². The number of carbonyl (C=O) groups is 1. The molecule has 3 rings (SSSR count). The van der Waals surface area contributed by atoms with Gasteiger partial charge in [-0.05, 0) is 49.4 Å². The van der Waals surface area contributed by atoms with Gasteiger partial charge in [0.1, 0.15) is 5.82 Å². The van der Waals surface area contributed by atoms with Crippen LogP contribution in [-0.2, 0) is 13.0 Å². The second-order valence-electron chi connectivity index (χ2n) is 5.95. The van der Waals surface area contributed by atoms with Gasteiger partial charge in [-0.1, -0.05) is 13.0 Å². The van der Waals surface area contributed by atoms with E-state index in [0.29, 0.717) is 6.54 Å². The van der Waals surface area contributed by atoms with Crippen LogP contribution in [0.3, 0.4) is 0 Å². The van der Waals surface area contributed by atoms with Crippen LogP contribution in [0.5, 0.6) is 0 Å². The number of nitrogens with one attached hydrogen (secondary N) is 1. The number of nitrogens with zero attached hydrogens (tertiary/aromatic N) is 2. The van der Waals surface area contributed by atoms with Crippen LogP contribution in [0, 0.1) is 6.92 Å². The summed E-state index contributed by atoms with van der Waals surface area (Å²) >= 11 is 1.57. The van der Waals surface area contributed by atoms with Crippen molar-refractivity contribution in [2.24, 2.45) is 0 Å².